The Hall–Kier alpha value is -2.87. The van der Waals surface area contributed by atoms with Gasteiger partial charge in [-0.3, -0.25) is 4.79 Å². The lowest BCUT2D eigenvalue weighted by atomic mass is 10.2. The van der Waals surface area contributed by atoms with Crippen molar-refractivity contribution in [3.63, 3.8) is 0 Å². The van der Waals surface area contributed by atoms with Crippen LogP contribution in [0.15, 0.2) is 59.8 Å². The van der Waals surface area contributed by atoms with Crippen molar-refractivity contribution in [2.45, 2.75) is 11.0 Å². The van der Waals surface area contributed by atoms with Crippen LogP contribution in [0.1, 0.15) is 0 Å². The van der Waals surface area contributed by atoms with E-state index in [1.807, 2.05) is 42.5 Å². The molecule has 8 heteroatoms. The number of carbonyl (C=O) groups excluding carboxylic acids is 1. The highest BCUT2D eigenvalue weighted by molar-refractivity contribution is 7.99. The molecule has 24 heavy (non-hydrogen) atoms. The van der Waals surface area contributed by atoms with Crippen molar-refractivity contribution in [3.05, 3.63) is 54.9 Å². The summed E-state index contributed by atoms with van der Waals surface area (Å²) in [7, 11) is 0. The van der Waals surface area contributed by atoms with Crippen LogP contribution < -0.4 is 10.1 Å². The summed E-state index contributed by atoms with van der Waals surface area (Å²) in [5.74, 6) is 1.15. The third kappa shape index (κ3) is 2.95. The third-order valence-corrected chi connectivity index (χ3v) is 4.65. The van der Waals surface area contributed by atoms with Crippen molar-refractivity contribution in [2.75, 3.05) is 11.1 Å². The molecule has 1 aliphatic rings. The predicted octanol–water partition coefficient (Wildman–Crippen LogP) is 2.15. The van der Waals surface area contributed by atoms with Crippen LogP contribution in [-0.2, 0) is 4.79 Å². The zero-order chi connectivity index (χ0) is 16.4. The molecule has 0 aliphatic carbocycles. The molecule has 1 aromatic heterocycles. The first kappa shape index (κ1) is 14.7. The van der Waals surface area contributed by atoms with Gasteiger partial charge < -0.3 is 10.1 Å². The molecule has 2 heterocycles. The highest BCUT2D eigenvalue weighted by Crippen LogP contribution is 2.35. The van der Waals surface area contributed by atoms with Crippen LogP contribution in [-0.4, -0.2) is 38.0 Å². The molecule has 3 aromatic rings. The van der Waals surface area contributed by atoms with Gasteiger partial charge in [0, 0.05) is 16.3 Å². The summed E-state index contributed by atoms with van der Waals surface area (Å²) < 4.78 is 7.32. The van der Waals surface area contributed by atoms with Gasteiger partial charge in [-0.2, -0.15) is 0 Å². The van der Waals surface area contributed by atoms with Gasteiger partial charge in [0.1, 0.15) is 12.1 Å². The molecule has 120 valence electrons. The first-order valence-corrected chi connectivity index (χ1v) is 8.31. The first-order valence-electron chi connectivity index (χ1n) is 7.32. The molecule has 0 spiro atoms. The van der Waals surface area contributed by atoms with Gasteiger partial charge in [0.15, 0.2) is 6.10 Å². The van der Waals surface area contributed by atoms with Gasteiger partial charge in [-0.15, -0.1) is 16.9 Å². The normalized spacial score (nSPS) is 16.1. The van der Waals surface area contributed by atoms with Gasteiger partial charge in [0.05, 0.1) is 5.69 Å². The summed E-state index contributed by atoms with van der Waals surface area (Å²) >= 11 is 1.62. The lowest BCUT2D eigenvalue weighted by molar-refractivity contribution is -0.122. The largest absolute Gasteiger partial charge is 0.479 e. The Morgan fingerprint density at radius 3 is 3.04 bits per heavy atom. The predicted molar refractivity (Wildman–Crippen MR) is 89.4 cm³/mol. The fraction of sp³-hybridized carbons (Fsp3) is 0.125. The molecule has 0 bridgehead atoms. The van der Waals surface area contributed by atoms with Crippen LogP contribution in [0.4, 0.5) is 5.69 Å². The number of hydrogen-bond donors (Lipinski definition) is 1. The molecule has 0 radical (unpaired) electrons. The highest BCUT2D eigenvalue weighted by Gasteiger charge is 2.26. The van der Waals surface area contributed by atoms with Crippen molar-refractivity contribution in [3.8, 4) is 11.4 Å². The quantitative estimate of drug-likeness (QED) is 0.787. The molecule has 0 saturated heterocycles. The number of thioether (sulfide) groups is 1. The number of amides is 1. The molecule has 4 rings (SSSR count). The Labute approximate surface area is 142 Å². The number of para-hydroxylation sites is 1. The maximum absolute atomic E-state index is 12.5. The summed E-state index contributed by atoms with van der Waals surface area (Å²) in [6, 6.07) is 15.0. The fourth-order valence-electron chi connectivity index (χ4n) is 2.38. The monoisotopic (exact) mass is 339 g/mol. The zero-order valence-corrected chi connectivity index (χ0v) is 13.3. The Balaban J connectivity index is 1.48. The Morgan fingerprint density at radius 2 is 2.17 bits per heavy atom. The Bertz CT molecular complexity index is 868. The van der Waals surface area contributed by atoms with E-state index >= 15 is 0 Å². The molecular weight excluding hydrogens is 326 g/mol. The lowest BCUT2D eigenvalue weighted by Crippen LogP contribution is -2.36. The van der Waals surface area contributed by atoms with Crippen LogP contribution >= 0.6 is 11.8 Å². The molecular formula is C16H13N5O2S. The number of aromatic nitrogens is 4. The number of fused-ring (bicyclic) bond motifs is 1. The van der Waals surface area contributed by atoms with Crippen molar-refractivity contribution in [1.29, 1.82) is 0 Å². The lowest BCUT2D eigenvalue weighted by Gasteiger charge is -2.24. The van der Waals surface area contributed by atoms with E-state index < -0.39 is 6.10 Å². The SMILES string of the molecule is O=C(Nc1cccc(-n2cnnn2)c1)C1CSc2ccccc2O1. The molecule has 1 N–H and O–H groups in total. The van der Waals surface area contributed by atoms with Gasteiger partial charge in [0.25, 0.3) is 5.91 Å². The molecule has 0 fully saturated rings. The molecule has 1 unspecified atom stereocenters. The van der Waals surface area contributed by atoms with E-state index in [1.54, 1.807) is 17.8 Å². The Morgan fingerprint density at radius 1 is 1.25 bits per heavy atom. The van der Waals surface area contributed by atoms with E-state index in [0.717, 1.165) is 16.3 Å². The number of nitrogens with zero attached hydrogens (tertiary/aromatic N) is 4. The number of rotatable bonds is 3. The van der Waals surface area contributed by atoms with Crippen LogP contribution in [0.5, 0.6) is 5.75 Å². The van der Waals surface area contributed by atoms with Crippen molar-refractivity contribution in [2.24, 2.45) is 0 Å². The standard InChI is InChI=1S/C16H13N5O2S/c22-16(14-9-24-15-7-2-1-6-13(15)23-14)18-11-4-3-5-12(8-11)21-10-17-19-20-21/h1-8,10,14H,9H2,(H,18,22). The van der Waals surface area contributed by atoms with Crippen molar-refractivity contribution >= 4 is 23.4 Å². The van der Waals surface area contributed by atoms with Crippen LogP contribution in [0.3, 0.4) is 0 Å². The van der Waals surface area contributed by atoms with Crippen LogP contribution in [0.25, 0.3) is 5.69 Å². The maximum atomic E-state index is 12.5. The summed E-state index contributed by atoms with van der Waals surface area (Å²) in [6.07, 6.45) is 0.972. The number of anilines is 1. The number of benzene rings is 2. The first-order chi connectivity index (χ1) is 11.8. The second-order valence-corrected chi connectivity index (χ2v) is 6.22. The van der Waals surface area contributed by atoms with Gasteiger partial charge in [-0.05, 0) is 40.8 Å². The molecule has 7 nitrogen and oxygen atoms in total. The number of hydrogen-bond acceptors (Lipinski definition) is 6. The minimum absolute atomic E-state index is 0.175. The number of tetrazole rings is 1. The van der Waals surface area contributed by atoms with Gasteiger partial charge in [-0.1, -0.05) is 18.2 Å². The molecule has 2 aromatic carbocycles. The number of ether oxygens (including phenoxy) is 1. The van der Waals surface area contributed by atoms with Crippen LogP contribution in [0, 0.1) is 0 Å². The van der Waals surface area contributed by atoms with Crippen molar-refractivity contribution < 1.29 is 9.53 Å². The van der Waals surface area contributed by atoms with Crippen molar-refractivity contribution in [1.82, 2.24) is 20.2 Å². The molecule has 1 aliphatic heterocycles. The van der Waals surface area contributed by atoms with Gasteiger partial charge in [-0.25, -0.2) is 4.68 Å². The maximum Gasteiger partial charge on any atom is 0.266 e. The summed E-state index contributed by atoms with van der Waals surface area (Å²) in [5.41, 5.74) is 1.43. The summed E-state index contributed by atoms with van der Waals surface area (Å²) in [6.45, 7) is 0. The van der Waals surface area contributed by atoms with E-state index in [4.69, 9.17) is 4.74 Å². The van der Waals surface area contributed by atoms with E-state index in [1.165, 1.54) is 11.0 Å². The minimum atomic E-state index is -0.526. The smallest absolute Gasteiger partial charge is 0.266 e. The topological polar surface area (TPSA) is 81.9 Å². The second kappa shape index (κ2) is 6.32. The van der Waals surface area contributed by atoms with E-state index in [9.17, 15) is 4.79 Å². The number of carbonyl (C=O) groups is 1. The Kier molecular flexibility index (Phi) is 3.87. The average Bonchev–Trinajstić information content (AvgIpc) is 3.16. The zero-order valence-electron chi connectivity index (χ0n) is 12.5. The minimum Gasteiger partial charge on any atom is -0.479 e. The fourth-order valence-corrected chi connectivity index (χ4v) is 3.36. The summed E-state index contributed by atoms with van der Waals surface area (Å²) in [4.78, 5) is 13.5. The van der Waals surface area contributed by atoms with Crippen LogP contribution in [0.2, 0.25) is 0 Å². The third-order valence-electron chi connectivity index (χ3n) is 3.53. The van der Waals surface area contributed by atoms with Gasteiger partial charge in [0.2, 0.25) is 0 Å². The van der Waals surface area contributed by atoms with E-state index in [0.29, 0.717) is 11.4 Å². The molecule has 1 atom stereocenters. The second-order valence-electron chi connectivity index (χ2n) is 5.16. The highest BCUT2D eigenvalue weighted by atomic mass is 32.2. The summed E-state index contributed by atoms with van der Waals surface area (Å²) in [5, 5.41) is 13.9. The molecule has 0 saturated carbocycles. The average molecular weight is 339 g/mol. The number of nitrogens with one attached hydrogen (secondary N) is 1. The van der Waals surface area contributed by atoms with E-state index in [2.05, 4.69) is 20.8 Å². The molecule has 1 amide bonds. The van der Waals surface area contributed by atoms with Gasteiger partial charge >= 0.3 is 0 Å². The van der Waals surface area contributed by atoms with E-state index in [-0.39, 0.29) is 5.91 Å².